The van der Waals surface area contributed by atoms with Crippen LogP contribution in [0.1, 0.15) is 18.1 Å². The molecule has 7 nitrogen and oxygen atoms in total. The number of nitrogens with one attached hydrogen (secondary N) is 1. The minimum Gasteiger partial charge on any atom is -0.493 e. The molecule has 0 spiro atoms. The molecular formula is C23H25NO6. The van der Waals surface area contributed by atoms with E-state index in [1.165, 1.54) is 20.1 Å². The van der Waals surface area contributed by atoms with Gasteiger partial charge in [-0.1, -0.05) is 30.3 Å². The molecular weight excluding hydrogens is 386 g/mol. The summed E-state index contributed by atoms with van der Waals surface area (Å²) in [6.07, 6.45) is 2.65. The van der Waals surface area contributed by atoms with E-state index in [0.717, 1.165) is 5.56 Å². The van der Waals surface area contributed by atoms with Gasteiger partial charge in [-0.3, -0.25) is 4.79 Å². The Morgan fingerprint density at radius 1 is 1.17 bits per heavy atom. The maximum Gasteiger partial charge on any atom is 0.331 e. The molecule has 0 bridgehead atoms. The molecule has 1 N–H and O–H groups in total. The van der Waals surface area contributed by atoms with Crippen molar-refractivity contribution >= 4 is 18.0 Å². The summed E-state index contributed by atoms with van der Waals surface area (Å²) in [7, 11) is 1.54. The molecule has 7 heteroatoms. The van der Waals surface area contributed by atoms with Gasteiger partial charge in [0, 0.05) is 12.6 Å². The molecule has 0 radical (unpaired) electrons. The monoisotopic (exact) mass is 411 g/mol. The summed E-state index contributed by atoms with van der Waals surface area (Å²) in [6.45, 7) is 2.91. The van der Waals surface area contributed by atoms with E-state index in [0.29, 0.717) is 49.0 Å². The van der Waals surface area contributed by atoms with E-state index < -0.39 is 12.1 Å². The molecule has 1 heterocycles. The fourth-order valence-electron chi connectivity index (χ4n) is 2.94. The third kappa shape index (κ3) is 5.76. The van der Waals surface area contributed by atoms with Gasteiger partial charge in [-0.15, -0.1) is 0 Å². The first-order valence-electron chi connectivity index (χ1n) is 9.75. The van der Waals surface area contributed by atoms with Crippen LogP contribution in [0, 0.1) is 0 Å². The fraction of sp³-hybridized carbons (Fsp3) is 0.304. The number of fused-ring (bicyclic) bond motifs is 1. The molecule has 1 aliphatic rings. The fourth-order valence-corrected chi connectivity index (χ4v) is 2.94. The highest BCUT2D eigenvalue weighted by atomic mass is 16.6. The van der Waals surface area contributed by atoms with Crippen LogP contribution in [-0.4, -0.2) is 44.8 Å². The molecule has 0 saturated heterocycles. The molecule has 0 saturated carbocycles. The number of benzene rings is 2. The van der Waals surface area contributed by atoms with Gasteiger partial charge in [0.2, 0.25) is 5.75 Å². The van der Waals surface area contributed by atoms with E-state index in [-0.39, 0.29) is 5.91 Å². The molecule has 0 fully saturated rings. The lowest BCUT2D eigenvalue weighted by molar-refractivity contribution is -0.150. The first-order valence-corrected chi connectivity index (χ1v) is 9.75. The molecule has 2 aromatic carbocycles. The molecule has 158 valence electrons. The van der Waals surface area contributed by atoms with E-state index in [1.54, 1.807) is 18.2 Å². The van der Waals surface area contributed by atoms with Gasteiger partial charge in [0.15, 0.2) is 17.6 Å². The van der Waals surface area contributed by atoms with Crippen molar-refractivity contribution in [2.24, 2.45) is 0 Å². The summed E-state index contributed by atoms with van der Waals surface area (Å²) >= 11 is 0. The first kappa shape index (κ1) is 21.2. The Morgan fingerprint density at radius 2 is 1.93 bits per heavy atom. The van der Waals surface area contributed by atoms with Crippen LogP contribution in [0.2, 0.25) is 0 Å². The number of esters is 1. The largest absolute Gasteiger partial charge is 0.493 e. The summed E-state index contributed by atoms with van der Waals surface area (Å²) in [4.78, 5) is 24.2. The normalized spacial score (nSPS) is 13.5. The van der Waals surface area contributed by atoms with Crippen molar-refractivity contribution in [1.82, 2.24) is 5.32 Å². The van der Waals surface area contributed by atoms with Gasteiger partial charge in [0.1, 0.15) is 13.2 Å². The molecule has 0 aliphatic carbocycles. The van der Waals surface area contributed by atoms with Crippen molar-refractivity contribution in [2.75, 3.05) is 26.9 Å². The third-order valence-corrected chi connectivity index (χ3v) is 4.48. The summed E-state index contributed by atoms with van der Waals surface area (Å²) in [6, 6.07) is 13.3. The van der Waals surface area contributed by atoms with Gasteiger partial charge in [0.05, 0.1) is 7.11 Å². The van der Waals surface area contributed by atoms with Gasteiger partial charge in [0.25, 0.3) is 5.91 Å². The lowest BCUT2D eigenvalue weighted by Gasteiger charge is -2.20. The van der Waals surface area contributed by atoms with Crippen molar-refractivity contribution < 1.29 is 28.5 Å². The number of carbonyl (C=O) groups excluding carboxylic acids is 2. The Bertz CT molecular complexity index is 892. The SMILES string of the molecule is COc1cc(/C=C/C(=O)O[C@H](C)C(=O)NCCc2ccccc2)cc2c1OCCO2. The maximum atomic E-state index is 12.1. The van der Waals surface area contributed by atoms with Gasteiger partial charge in [-0.2, -0.15) is 0 Å². The Labute approximate surface area is 175 Å². The summed E-state index contributed by atoms with van der Waals surface area (Å²) < 4.78 is 21.6. The summed E-state index contributed by atoms with van der Waals surface area (Å²) in [5.74, 6) is 0.665. The van der Waals surface area contributed by atoms with Crippen LogP contribution < -0.4 is 19.5 Å². The summed E-state index contributed by atoms with van der Waals surface area (Å²) in [5.41, 5.74) is 1.81. The zero-order valence-corrected chi connectivity index (χ0v) is 17.1. The highest BCUT2D eigenvalue weighted by Gasteiger charge is 2.18. The Hall–Kier alpha value is -3.48. The Balaban J connectivity index is 1.50. The molecule has 1 amide bonds. The number of hydrogen-bond donors (Lipinski definition) is 1. The van der Waals surface area contributed by atoms with E-state index in [1.807, 2.05) is 30.3 Å². The van der Waals surface area contributed by atoms with E-state index in [2.05, 4.69) is 5.32 Å². The number of amides is 1. The van der Waals surface area contributed by atoms with Crippen molar-refractivity contribution in [1.29, 1.82) is 0 Å². The quantitative estimate of drug-likeness (QED) is 0.531. The summed E-state index contributed by atoms with van der Waals surface area (Å²) in [5, 5.41) is 2.77. The van der Waals surface area contributed by atoms with Gasteiger partial charge in [-0.05, 0) is 42.7 Å². The van der Waals surface area contributed by atoms with Crippen molar-refractivity contribution in [2.45, 2.75) is 19.4 Å². The number of ether oxygens (including phenoxy) is 4. The van der Waals surface area contributed by atoms with E-state index in [4.69, 9.17) is 18.9 Å². The molecule has 0 unspecified atom stereocenters. The average molecular weight is 411 g/mol. The molecule has 1 aliphatic heterocycles. The standard InChI is InChI=1S/C23H25NO6/c1-16(23(26)24-11-10-17-6-4-3-5-7-17)30-21(25)9-8-18-14-19(27-2)22-20(15-18)28-12-13-29-22/h3-9,14-16H,10-13H2,1-2H3,(H,24,26)/b9-8+/t16-/m1/s1. The van der Waals surface area contributed by atoms with Crippen molar-refractivity contribution in [3.8, 4) is 17.2 Å². The zero-order chi connectivity index (χ0) is 21.3. The Kier molecular flexibility index (Phi) is 7.32. The van der Waals surface area contributed by atoms with E-state index in [9.17, 15) is 9.59 Å². The minimum absolute atomic E-state index is 0.339. The smallest absolute Gasteiger partial charge is 0.331 e. The third-order valence-electron chi connectivity index (χ3n) is 4.48. The van der Waals surface area contributed by atoms with Gasteiger partial charge < -0.3 is 24.3 Å². The average Bonchev–Trinajstić information content (AvgIpc) is 2.77. The zero-order valence-electron chi connectivity index (χ0n) is 17.1. The predicted molar refractivity (Wildman–Crippen MR) is 112 cm³/mol. The van der Waals surface area contributed by atoms with Crippen LogP contribution in [0.15, 0.2) is 48.5 Å². The van der Waals surface area contributed by atoms with Crippen LogP contribution >= 0.6 is 0 Å². The second-order valence-corrected chi connectivity index (χ2v) is 6.69. The van der Waals surface area contributed by atoms with Gasteiger partial charge >= 0.3 is 5.97 Å². The molecule has 2 aromatic rings. The van der Waals surface area contributed by atoms with Crippen LogP contribution in [0.5, 0.6) is 17.2 Å². The number of hydrogen-bond acceptors (Lipinski definition) is 6. The number of carbonyl (C=O) groups is 2. The first-order chi connectivity index (χ1) is 14.6. The number of methoxy groups -OCH3 is 1. The Morgan fingerprint density at radius 3 is 2.70 bits per heavy atom. The predicted octanol–water partition coefficient (Wildman–Crippen LogP) is 2.77. The topological polar surface area (TPSA) is 83.1 Å². The second kappa shape index (κ2) is 10.3. The van der Waals surface area contributed by atoms with Crippen LogP contribution in [-0.2, 0) is 20.7 Å². The molecule has 1 atom stereocenters. The van der Waals surface area contributed by atoms with Crippen LogP contribution in [0.4, 0.5) is 0 Å². The maximum absolute atomic E-state index is 12.1. The molecule has 3 rings (SSSR count). The molecule has 30 heavy (non-hydrogen) atoms. The van der Waals surface area contributed by atoms with Crippen molar-refractivity contribution in [3.63, 3.8) is 0 Å². The van der Waals surface area contributed by atoms with Crippen molar-refractivity contribution in [3.05, 3.63) is 59.7 Å². The second-order valence-electron chi connectivity index (χ2n) is 6.69. The lowest BCUT2D eigenvalue weighted by Crippen LogP contribution is -2.36. The lowest BCUT2D eigenvalue weighted by atomic mass is 10.1. The molecule has 0 aromatic heterocycles. The minimum atomic E-state index is -0.896. The van der Waals surface area contributed by atoms with Gasteiger partial charge in [-0.25, -0.2) is 4.79 Å². The van der Waals surface area contributed by atoms with Crippen LogP contribution in [0.3, 0.4) is 0 Å². The number of rotatable bonds is 8. The highest BCUT2D eigenvalue weighted by molar-refractivity contribution is 5.90. The van der Waals surface area contributed by atoms with Crippen LogP contribution in [0.25, 0.3) is 6.08 Å². The highest BCUT2D eigenvalue weighted by Crippen LogP contribution is 2.40. The van der Waals surface area contributed by atoms with E-state index >= 15 is 0 Å².